The minimum Gasteiger partial charge on any atom is -0.0702 e. The highest BCUT2D eigenvalue weighted by Gasteiger charge is 2.11. The predicted octanol–water partition coefficient (Wildman–Crippen LogP) is 3.95. The lowest BCUT2D eigenvalue weighted by Crippen LogP contribution is -2.04. The maximum absolute atomic E-state index is 2.32. The summed E-state index contributed by atoms with van der Waals surface area (Å²) in [6.45, 7) is 9.12. The molecule has 0 bridgehead atoms. The van der Waals surface area contributed by atoms with Gasteiger partial charge in [0.1, 0.15) is 0 Å². The lowest BCUT2D eigenvalue weighted by molar-refractivity contribution is 0.577. The topological polar surface area (TPSA) is 0 Å². The molecule has 1 aliphatic carbocycles. The van der Waals surface area contributed by atoms with E-state index in [1.165, 1.54) is 18.4 Å². The Balaban J connectivity index is 2.58. The van der Waals surface area contributed by atoms with E-state index >= 15 is 0 Å². The zero-order valence-corrected chi connectivity index (χ0v) is 8.72. The van der Waals surface area contributed by atoms with Gasteiger partial charge in [-0.05, 0) is 31.6 Å². The Labute approximate surface area is 76.4 Å². The van der Waals surface area contributed by atoms with Crippen LogP contribution in [0.2, 0.25) is 0 Å². The van der Waals surface area contributed by atoms with Crippen molar-refractivity contribution in [1.29, 1.82) is 0 Å². The smallest absolute Gasteiger partial charge is 0.0194 e. The third kappa shape index (κ3) is 2.51. The summed E-state index contributed by atoms with van der Waals surface area (Å²) in [5.41, 5.74) is 3.16. The number of hydrogen-bond acceptors (Lipinski definition) is 0. The summed E-state index contributed by atoms with van der Waals surface area (Å²) in [7, 11) is 0. The molecule has 0 aliphatic heterocycles. The van der Waals surface area contributed by atoms with Crippen molar-refractivity contribution in [2.24, 2.45) is 11.8 Å². The van der Waals surface area contributed by atoms with E-state index in [2.05, 4.69) is 39.8 Å². The van der Waals surface area contributed by atoms with Gasteiger partial charge in [0.2, 0.25) is 0 Å². The lowest BCUT2D eigenvalue weighted by atomic mass is 9.86. The molecule has 0 heteroatoms. The van der Waals surface area contributed by atoms with Crippen LogP contribution in [0.3, 0.4) is 0 Å². The first kappa shape index (κ1) is 9.57. The minimum atomic E-state index is 0.767. The van der Waals surface area contributed by atoms with Crippen LogP contribution < -0.4 is 0 Å². The number of rotatable bonds is 2. The molecule has 0 spiro atoms. The average molecular weight is 164 g/mol. The van der Waals surface area contributed by atoms with Gasteiger partial charge in [-0.2, -0.15) is 0 Å². The molecular formula is C12H20. The van der Waals surface area contributed by atoms with Crippen LogP contribution in [0.1, 0.15) is 40.5 Å². The van der Waals surface area contributed by atoms with Crippen LogP contribution >= 0.6 is 0 Å². The van der Waals surface area contributed by atoms with Crippen LogP contribution in [0.4, 0.5) is 0 Å². The molecule has 68 valence electrons. The van der Waals surface area contributed by atoms with Gasteiger partial charge >= 0.3 is 0 Å². The molecule has 0 radical (unpaired) electrons. The zero-order valence-electron chi connectivity index (χ0n) is 8.72. The Morgan fingerprint density at radius 1 is 1.42 bits per heavy atom. The van der Waals surface area contributed by atoms with E-state index in [1.807, 2.05) is 0 Å². The average Bonchev–Trinajstić information content (AvgIpc) is 1.96. The monoisotopic (exact) mass is 164 g/mol. The SMILES string of the molecule is CC1=CC=C(CC(C)C)CC1C. The highest BCUT2D eigenvalue weighted by atomic mass is 14.2. The van der Waals surface area contributed by atoms with Gasteiger partial charge in [0.15, 0.2) is 0 Å². The largest absolute Gasteiger partial charge is 0.0702 e. The fourth-order valence-corrected chi connectivity index (χ4v) is 1.71. The van der Waals surface area contributed by atoms with Crippen LogP contribution in [0, 0.1) is 11.8 Å². The van der Waals surface area contributed by atoms with Crippen molar-refractivity contribution in [2.45, 2.75) is 40.5 Å². The molecule has 1 atom stereocenters. The third-order valence-corrected chi connectivity index (χ3v) is 2.60. The normalized spacial score (nSPS) is 23.9. The summed E-state index contributed by atoms with van der Waals surface area (Å²) < 4.78 is 0. The molecule has 0 saturated carbocycles. The van der Waals surface area contributed by atoms with Crippen LogP contribution in [0.5, 0.6) is 0 Å². The van der Waals surface area contributed by atoms with Gasteiger partial charge in [-0.1, -0.05) is 44.1 Å². The Bertz CT molecular complexity index is 202. The first-order valence-electron chi connectivity index (χ1n) is 4.96. The molecule has 0 amide bonds. The van der Waals surface area contributed by atoms with Crippen molar-refractivity contribution in [3.8, 4) is 0 Å². The van der Waals surface area contributed by atoms with Crippen molar-refractivity contribution in [3.05, 3.63) is 23.3 Å². The van der Waals surface area contributed by atoms with Gasteiger partial charge in [-0.25, -0.2) is 0 Å². The standard InChI is InChI=1S/C12H20/c1-9(2)7-12-6-5-10(3)11(4)8-12/h5-6,9,11H,7-8H2,1-4H3. The van der Waals surface area contributed by atoms with E-state index in [1.54, 1.807) is 5.57 Å². The van der Waals surface area contributed by atoms with Crippen molar-refractivity contribution in [3.63, 3.8) is 0 Å². The van der Waals surface area contributed by atoms with E-state index in [0.29, 0.717) is 0 Å². The second-order valence-electron chi connectivity index (χ2n) is 4.44. The van der Waals surface area contributed by atoms with Gasteiger partial charge in [0, 0.05) is 0 Å². The predicted molar refractivity (Wildman–Crippen MR) is 55.1 cm³/mol. The summed E-state index contributed by atoms with van der Waals surface area (Å²) in [4.78, 5) is 0. The summed E-state index contributed by atoms with van der Waals surface area (Å²) in [6, 6.07) is 0. The first-order chi connectivity index (χ1) is 5.59. The molecule has 0 N–H and O–H groups in total. The molecule has 0 nitrogen and oxygen atoms in total. The van der Waals surface area contributed by atoms with Crippen molar-refractivity contribution in [2.75, 3.05) is 0 Å². The fourth-order valence-electron chi connectivity index (χ4n) is 1.71. The second kappa shape index (κ2) is 3.93. The second-order valence-corrected chi connectivity index (χ2v) is 4.44. The van der Waals surface area contributed by atoms with Gasteiger partial charge < -0.3 is 0 Å². The maximum atomic E-state index is 2.32. The maximum Gasteiger partial charge on any atom is -0.0194 e. The summed E-state index contributed by atoms with van der Waals surface area (Å²) >= 11 is 0. The molecule has 0 fully saturated rings. The number of allylic oxidation sites excluding steroid dienone is 4. The van der Waals surface area contributed by atoms with Crippen LogP contribution in [-0.2, 0) is 0 Å². The van der Waals surface area contributed by atoms with Gasteiger partial charge in [-0.3, -0.25) is 0 Å². The van der Waals surface area contributed by atoms with Crippen LogP contribution in [0.25, 0.3) is 0 Å². The molecule has 1 aliphatic rings. The number of hydrogen-bond donors (Lipinski definition) is 0. The van der Waals surface area contributed by atoms with Crippen molar-refractivity contribution in [1.82, 2.24) is 0 Å². The Morgan fingerprint density at radius 3 is 2.58 bits per heavy atom. The van der Waals surface area contributed by atoms with Crippen LogP contribution in [-0.4, -0.2) is 0 Å². The molecule has 0 saturated heterocycles. The fraction of sp³-hybridized carbons (Fsp3) is 0.667. The highest BCUT2D eigenvalue weighted by Crippen LogP contribution is 2.27. The molecule has 0 aromatic rings. The summed E-state index contributed by atoms with van der Waals surface area (Å²) in [6.07, 6.45) is 7.15. The minimum absolute atomic E-state index is 0.767. The van der Waals surface area contributed by atoms with E-state index in [4.69, 9.17) is 0 Å². The molecule has 0 heterocycles. The van der Waals surface area contributed by atoms with E-state index in [9.17, 15) is 0 Å². The van der Waals surface area contributed by atoms with Gasteiger partial charge in [0.05, 0.1) is 0 Å². The highest BCUT2D eigenvalue weighted by molar-refractivity contribution is 5.24. The molecular weight excluding hydrogens is 144 g/mol. The van der Waals surface area contributed by atoms with E-state index < -0.39 is 0 Å². The quantitative estimate of drug-likeness (QED) is 0.580. The first-order valence-corrected chi connectivity index (χ1v) is 4.96. The van der Waals surface area contributed by atoms with Gasteiger partial charge in [0.25, 0.3) is 0 Å². The van der Waals surface area contributed by atoms with Crippen molar-refractivity contribution >= 4 is 0 Å². The van der Waals surface area contributed by atoms with Gasteiger partial charge in [-0.15, -0.1) is 0 Å². The van der Waals surface area contributed by atoms with E-state index in [0.717, 1.165) is 11.8 Å². The third-order valence-electron chi connectivity index (χ3n) is 2.60. The lowest BCUT2D eigenvalue weighted by Gasteiger charge is -2.20. The molecule has 0 aromatic heterocycles. The molecule has 12 heavy (non-hydrogen) atoms. The van der Waals surface area contributed by atoms with E-state index in [-0.39, 0.29) is 0 Å². The molecule has 1 unspecified atom stereocenters. The zero-order chi connectivity index (χ0) is 9.14. The van der Waals surface area contributed by atoms with Crippen LogP contribution in [0.15, 0.2) is 23.3 Å². The van der Waals surface area contributed by atoms with Crippen molar-refractivity contribution < 1.29 is 0 Å². The molecule has 1 rings (SSSR count). The summed E-state index contributed by atoms with van der Waals surface area (Å²) in [5, 5.41) is 0. The summed E-state index contributed by atoms with van der Waals surface area (Å²) in [5.74, 6) is 1.57. The Kier molecular flexibility index (Phi) is 3.13. The Morgan fingerprint density at radius 2 is 2.08 bits per heavy atom. The molecule has 0 aromatic carbocycles. The Hall–Kier alpha value is -0.520.